The van der Waals surface area contributed by atoms with Crippen molar-refractivity contribution in [3.05, 3.63) is 65.0 Å². The minimum atomic E-state index is -0.686. The summed E-state index contributed by atoms with van der Waals surface area (Å²) in [7, 11) is 1.49. The summed E-state index contributed by atoms with van der Waals surface area (Å²) in [6.07, 6.45) is 0. The van der Waals surface area contributed by atoms with Crippen LogP contribution in [0.25, 0.3) is 5.65 Å². The maximum Gasteiger partial charge on any atom is 0.275 e. The van der Waals surface area contributed by atoms with Crippen LogP contribution in [-0.4, -0.2) is 22.3 Å². The number of fused-ring (bicyclic) bond motifs is 1. The van der Waals surface area contributed by atoms with Crippen LogP contribution >= 0.6 is 0 Å². The largest absolute Gasteiger partial charge is 0.472 e. The molecule has 24 heavy (non-hydrogen) atoms. The van der Waals surface area contributed by atoms with Gasteiger partial charge in [-0.1, -0.05) is 6.07 Å². The van der Waals surface area contributed by atoms with E-state index in [1.165, 1.54) is 19.2 Å². The van der Waals surface area contributed by atoms with E-state index in [-0.39, 0.29) is 18.2 Å². The molecule has 0 spiro atoms. The summed E-state index contributed by atoms with van der Waals surface area (Å²) in [5, 5.41) is 2.50. The number of hydrogen-bond acceptors (Lipinski definition) is 3. The fourth-order valence-corrected chi connectivity index (χ4v) is 2.47. The minimum absolute atomic E-state index is 0.0964. The molecule has 0 saturated heterocycles. The molecule has 2 heterocycles. The Morgan fingerprint density at radius 1 is 1.25 bits per heavy atom. The summed E-state index contributed by atoms with van der Waals surface area (Å²) in [5.74, 6) is -1.55. The van der Waals surface area contributed by atoms with Gasteiger partial charge in [0.25, 0.3) is 5.91 Å². The van der Waals surface area contributed by atoms with Crippen molar-refractivity contribution in [1.29, 1.82) is 0 Å². The van der Waals surface area contributed by atoms with Gasteiger partial charge in [-0.05, 0) is 36.8 Å². The molecular weight excluding hydrogens is 316 g/mol. The highest BCUT2D eigenvalue weighted by molar-refractivity contribution is 5.95. The number of benzene rings is 1. The van der Waals surface area contributed by atoms with E-state index in [2.05, 4.69) is 10.3 Å². The molecule has 0 bridgehead atoms. The Hall–Kier alpha value is -2.96. The van der Waals surface area contributed by atoms with Gasteiger partial charge in [-0.25, -0.2) is 13.8 Å². The standard InChI is InChI=1S/C17H15F2N3O2/c1-10-4-3-5-14-21-15(16(23)20-2)17(22(10)14)24-9-11-6-12(18)8-13(19)7-11/h3-8H,9H2,1-2H3,(H,20,23). The molecule has 0 saturated carbocycles. The topological polar surface area (TPSA) is 55.6 Å². The van der Waals surface area contributed by atoms with Crippen molar-refractivity contribution in [2.45, 2.75) is 13.5 Å². The van der Waals surface area contributed by atoms with Crippen LogP contribution in [0.4, 0.5) is 8.78 Å². The van der Waals surface area contributed by atoms with Crippen LogP contribution < -0.4 is 10.1 Å². The second-order valence-electron chi connectivity index (χ2n) is 5.27. The van der Waals surface area contributed by atoms with Gasteiger partial charge in [-0.3, -0.25) is 9.20 Å². The number of halogens is 2. The number of carbonyl (C=O) groups excluding carboxylic acids is 1. The van der Waals surface area contributed by atoms with Gasteiger partial charge >= 0.3 is 0 Å². The molecule has 0 unspecified atom stereocenters. The summed E-state index contributed by atoms with van der Waals surface area (Å²) in [6, 6.07) is 8.55. The first kappa shape index (κ1) is 15.9. The quantitative estimate of drug-likeness (QED) is 0.800. The van der Waals surface area contributed by atoms with Crippen LogP contribution in [0.2, 0.25) is 0 Å². The van der Waals surface area contributed by atoms with Gasteiger partial charge in [0, 0.05) is 18.8 Å². The highest BCUT2D eigenvalue weighted by atomic mass is 19.1. The molecule has 3 rings (SSSR count). The number of amides is 1. The number of ether oxygens (including phenoxy) is 1. The maximum atomic E-state index is 13.3. The number of aromatic nitrogens is 2. The number of pyridine rings is 1. The van der Waals surface area contributed by atoms with Crippen molar-refractivity contribution in [1.82, 2.24) is 14.7 Å². The lowest BCUT2D eigenvalue weighted by Crippen LogP contribution is -2.19. The molecule has 2 aromatic heterocycles. The van der Waals surface area contributed by atoms with Crippen LogP contribution in [0, 0.1) is 18.6 Å². The Kier molecular flexibility index (Phi) is 4.16. The van der Waals surface area contributed by atoms with Gasteiger partial charge in [-0.2, -0.15) is 0 Å². The lowest BCUT2D eigenvalue weighted by molar-refractivity contribution is 0.0953. The maximum absolute atomic E-state index is 13.3. The molecule has 0 aliphatic rings. The number of rotatable bonds is 4. The smallest absolute Gasteiger partial charge is 0.275 e. The van der Waals surface area contributed by atoms with Crippen LogP contribution in [0.15, 0.2) is 36.4 Å². The number of imidazole rings is 1. The zero-order valence-electron chi connectivity index (χ0n) is 13.1. The van der Waals surface area contributed by atoms with Crippen molar-refractivity contribution in [2.75, 3.05) is 7.05 Å². The first-order valence-corrected chi connectivity index (χ1v) is 7.27. The normalized spacial score (nSPS) is 10.8. The van der Waals surface area contributed by atoms with E-state index >= 15 is 0 Å². The second kappa shape index (κ2) is 6.27. The van der Waals surface area contributed by atoms with Crippen molar-refractivity contribution < 1.29 is 18.3 Å². The van der Waals surface area contributed by atoms with E-state index in [9.17, 15) is 13.6 Å². The fourth-order valence-electron chi connectivity index (χ4n) is 2.47. The van der Waals surface area contributed by atoms with Crippen LogP contribution in [0.3, 0.4) is 0 Å². The van der Waals surface area contributed by atoms with Crippen LogP contribution in [-0.2, 0) is 6.61 Å². The molecule has 1 aromatic carbocycles. The van der Waals surface area contributed by atoms with Crippen molar-refractivity contribution >= 4 is 11.6 Å². The molecule has 0 radical (unpaired) electrons. The van der Waals surface area contributed by atoms with Gasteiger partial charge in [-0.15, -0.1) is 0 Å². The Bertz CT molecular complexity index is 901. The van der Waals surface area contributed by atoms with Crippen molar-refractivity contribution in [3.8, 4) is 5.88 Å². The molecule has 0 atom stereocenters. The fraction of sp³-hybridized carbons (Fsp3) is 0.176. The van der Waals surface area contributed by atoms with E-state index in [0.29, 0.717) is 11.2 Å². The monoisotopic (exact) mass is 331 g/mol. The first-order chi connectivity index (χ1) is 11.5. The lowest BCUT2D eigenvalue weighted by atomic mass is 10.2. The van der Waals surface area contributed by atoms with E-state index in [1.54, 1.807) is 10.5 Å². The van der Waals surface area contributed by atoms with E-state index < -0.39 is 17.5 Å². The number of aryl methyl sites for hydroxylation is 1. The predicted octanol–water partition coefficient (Wildman–Crippen LogP) is 2.86. The molecule has 7 heteroatoms. The average Bonchev–Trinajstić information content (AvgIpc) is 2.91. The van der Waals surface area contributed by atoms with Gasteiger partial charge in [0.15, 0.2) is 5.69 Å². The Morgan fingerprint density at radius 2 is 1.96 bits per heavy atom. The van der Waals surface area contributed by atoms with Crippen molar-refractivity contribution in [3.63, 3.8) is 0 Å². The molecule has 1 amide bonds. The van der Waals surface area contributed by atoms with Crippen LogP contribution in [0.1, 0.15) is 21.7 Å². The molecule has 1 N–H and O–H groups in total. The SMILES string of the molecule is CNC(=O)c1nc2cccc(C)n2c1OCc1cc(F)cc(F)c1. The lowest BCUT2D eigenvalue weighted by Gasteiger charge is -2.09. The third-order valence-corrected chi connectivity index (χ3v) is 3.54. The van der Waals surface area contributed by atoms with Gasteiger partial charge < -0.3 is 10.1 Å². The Labute approximate surface area is 136 Å². The summed E-state index contributed by atoms with van der Waals surface area (Å²) < 4.78 is 34.0. The Morgan fingerprint density at radius 3 is 2.62 bits per heavy atom. The third kappa shape index (κ3) is 2.92. The number of hydrogen-bond donors (Lipinski definition) is 1. The van der Waals surface area contributed by atoms with Gasteiger partial charge in [0.1, 0.15) is 23.9 Å². The minimum Gasteiger partial charge on any atom is -0.472 e. The molecule has 0 aliphatic carbocycles. The molecule has 5 nitrogen and oxygen atoms in total. The summed E-state index contributed by atoms with van der Waals surface area (Å²) in [4.78, 5) is 16.3. The van der Waals surface area contributed by atoms with Crippen molar-refractivity contribution in [2.24, 2.45) is 0 Å². The van der Waals surface area contributed by atoms with E-state index in [0.717, 1.165) is 11.8 Å². The second-order valence-corrected chi connectivity index (χ2v) is 5.27. The molecular formula is C17H15F2N3O2. The molecule has 3 aromatic rings. The van der Waals surface area contributed by atoms with Crippen LogP contribution in [0.5, 0.6) is 5.88 Å². The highest BCUT2D eigenvalue weighted by Crippen LogP contribution is 2.24. The number of nitrogens with zero attached hydrogens (tertiary/aromatic N) is 2. The average molecular weight is 331 g/mol. The summed E-state index contributed by atoms with van der Waals surface area (Å²) in [5.41, 5.74) is 1.80. The summed E-state index contributed by atoms with van der Waals surface area (Å²) >= 11 is 0. The van der Waals surface area contributed by atoms with Gasteiger partial charge in [0.05, 0.1) is 0 Å². The zero-order valence-corrected chi connectivity index (χ0v) is 13.1. The number of nitrogens with one attached hydrogen (secondary N) is 1. The molecule has 0 fully saturated rings. The summed E-state index contributed by atoms with van der Waals surface area (Å²) in [6.45, 7) is 1.75. The molecule has 0 aliphatic heterocycles. The van der Waals surface area contributed by atoms with E-state index in [4.69, 9.17) is 4.74 Å². The van der Waals surface area contributed by atoms with E-state index in [1.807, 2.05) is 19.1 Å². The Balaban J connectivity index is 2.02. The van der Waals surface area contributed by atoms with Gasteiger partial charge in [0.2, 0.25) is 5.88 Å². The highest BCUT2D eigenvalue weighted by Gasteiger charge is 2.20. The zero-order chi connectivity index (χ0) is 17.3. The number of carbonyl (C=O) groups is 1. The first-order valence-electron chi connectivity index (χ1n) is 7.27. The molecule has 124 valence electrons. The third-order valence-electron chi connectivity index (χ3n) is 3.54. The predicted molar refractivity (Wildman–Crippen MR) is 84.0 cm³/mol.